The van der Waals surface area contributed by atoms with E-state index in [0.29, 0.717) is 13.0 Å². The van der Waals surface area contributed by atoms with Crippen LogP contribution in [0.5, 0.6) is 0 Å². The van der Waals surface area contributed by atoms with Crippen molar-refractivity contribution in [2.75, 3.05) is 26.2 Å². The minimum absolute atomic E-state index is 0.00446. The molecule has 3 atom stereocenters. The van der Waals surface area contributed by atoms with E-state index >= 15 is 0 Å². The Morgan fingerprint density at radius 3 is 2.38 bits per heavy atom. The lowest BCUT2D eigenvalue weighted by Crippen LogP contribution is -2.67. The Balaban J connectivity index is 1.44. The van der Waals surface area contributed by atoms with E-state index in [0.717, 1.165) is 29.7 Å². The SMILES string of the molecule is O=S(=O)(c1ccccc1F)N1CCCCN2[C@@H](CO)[C@H](c3ccc(-c4cncnc4)cc3)[C@@H]2C1. The Morgan fingerprint density at radius 1 is 0.971 bits per heavy atom. The minimum Gasteiger partial charge on any atom is -0.395 e. The molecule has 3 aromatic rings. The van der Waals surface area contributed by atoms with Crippen LogP contribution in [0.15, 0.2) is 72.1 Å². The first-order chi connectivity index (χ1) is 16.5. The van der Waals surface area contributed by atoms with E-state index < -0.39 is 15.8 Å². The number of benzene rings is 2. The summed E-state index contributed by atoms with van der Waals surface area (Å²) in [5, 5.41) is 10.2. The van der Waals surface area contributed by atoms with Crippen LogP contribution in [0.4, 0.5) is 4.39 Å². The molecule has 1 N–H and O–H groups in total. The fourth-order valence-electron chi connectivity index (χ4n) is 5.27. The van der Waals surface area contributed by atoms with Gasteiger partial charge in [0, 0.05) is 49.0 Å². The second-order valence-electron chi connectivity index (χ2n) is 8.83. The zero-order chi connectivity index (χ0) is 23.7. The zero-order valence-corrected chi connectivity index (χ0v) is 19.5. The van der Waals surface area contributed by atoms with Crippen molar-refractivity contribution in [3.63, 3.8) is 0 Å². The van der Waals surface area contributed by atoms with E-state index in [1.807, 2.05) is 24.3 Å². The van der Waals surface area contributed by atoms with E-state index in [2.05, 4.69) is 14.9 Å². The summed E-state index contributed by atoms with van der Waals surface area (Å²) in [6, 6.07) is 13.4. The lowest BCUT2D eigenvalue weighted by molar-refractivity contribution is -0.0554. The third-order valence-electron chi connectivity index (χ3n) is 6.98. The molecule has 7 nitrogen and oxygen atoms in total. The van der Waals surface area contributed by atoms with E-state index in [-0.39, 0.29) is 36.0 Å². The molecule has 178 valence electrons. The molecule has 1 aromatic heterocycles. The van der Waals surface area contributed by atoms with Crippen molar-refractivity contribution in [3.8, 4) is 11.1 Å². The fourth-order valence-corrected chi connectivity index (χ4v) is 6.83. The first kappa shape index (κ1) is 23.0. The summed E-state index contributed by atoms with van der Waals surface area (Å²) < 4.78 is 42.5. The lowest BCUT2D eigenvalue weighted by Gasteiger charge is -2.57. The summed E-state index contributed by atoms with van der Waals surface area (Å²) in [5.74, 6) is -0.761. The summed E-state index contributed by atoms with van der Waals surface area (Å²) in [4.78, 5) is 10.0. The van der Waals surface area contributed by atoms with Gasteiger partial charge >= 0.3 is 0 Å². The third-order valence-corrected chi connectivity index (χ3v) is 8.87. The molecule has 34 heavy (non-hydrogen) atoms. The maximum atomic E-state index is 14.4. The number of aliphatic hydroxyl groups excluding tert-OH is 1. The molecule has 0 saturated carbocycles. The zero-order valence-electron chi connectivity index (χ0n) is 18.7. The number of hydrogen-bond donors (Lipinski definition) is 1. The van der Waals surface area contributed by atoms with Gasteiger partial charge in [0.1, 0.15) is 17.0 Å². The number of hydrogen-bond acceptors (Lipinski definition) is 6. The molecule has 0 unspecified atom stereocenters. The van der Waals surface area contributed by atoms with E-state index in [9.17, 15) is 17.9 Å². The molecule has 2 aliphatic heterocycles. The Morgan fingerprint density at radius 2 is 1.68 bits per heavy atom. The number of rotatable bonds is 5. The van der Waals surface area contributed by atoms with Crippen LogP contribution in [0.3, 0.4) is 0 Å². The predicted molar refractivity (Wildman–Crippen MR) is 126 cm³/mol. The van der Waals surface area contributed by atoms with Gasteiger partial charge in [-0.3, -0.25) is 4.90 Å². The Hall–Kier alpha value is -2.72. The standard InChI is InChI=1S/C25H27FN4O3S/c26-21-5-1-2-6-24(21)34(32,33)29-11-3-4-12-30-22(15-29)25(23(30)16-31)19-9-7-18(8-10-19)20-13-27-17-28-14-20/h1-2,5-10,13-14,17,22-23,25,31H,3-4,11-12,15-16H2/t22-,23-,25+/m0/s1. The average Bonchev–Trinajstić information content (AvgIpc) is 2.84. The molecule has 2 aliphatic rings. The van der Waals surface area contributed by atoms with Crippen LogP contribution in [0, 0.1) is 5.82 Å². The highest BCUT2D eigenvalue weighted by Crippen LogP contribution is 2.43. The summed E-state index contributed by atoms with van der Waals surface area (Å²) in [5.41, 5.74) is 2.95. The van der Waals surface area contributed by atoms with Crippen LogP contribution in [0.1, 0.15) is 24.3 Å². The first-order valence-electron chi connectivity index (χ1n) is 11.5. The quantitative estimate of drug-likeness (QED) is 0.602. The number of sulfonamides is 1. The largest absolute Gasteiger partial charge is 0.395 e. The van der Waals surface area contributed by atoms with Gasteiger partial charge in [0.25, 0.3) is 0 Å². The highest BCUT2D eigenvalue weighted by Gasteiger charge is 2.50. The van der Waals surface area contributed by atoms with Gasteiger partial charge in [-0.2, -0.15) is 4.31 Å². The molecular weight excluding hydrogens is 455 g/mol. The predicted octanol–water partition coefficient (Wildman–Crippen LogP) is 2.90. The van der Waals surface area contributed by atoms with Gasteiger partial charge in [0.2, 0.25) is 10.0 Å². The number of aliphatic hydroxyl groups is 1. The number of aromatic nitrogens is 2. The van der Waals surface area contributed by atoms with Crippen molar-refractivity contribution in [3.05, 3.63) is 78.6 Å². The van der Waals surface area contributed by atoms with Gasteiger partial charge in [0.15, 0.2) is 0 Å². The number of fused-ring (bicyclic) bond motifs is 1. The molecule has 0 bridgehead atoms. The molecule has 9 heteroatoms. The maximum Gasteiger partial charge on any atom is 0.246 e. The van der Waals surface area contributed by atoms with Gasteiger partial charge in [-0.25, -0.2) is 22.8 Å². The number of halogens is 1. The molecule has 3 heterocycles. The van der Waals surface area contributed by atoms with Crippen molar-refractivity contribution >= 4 is 10.0 Å². The molecule has 0 radical (unpaired) electrons. The Bertz CT molecular complexity index is 1240. The third kappa shape index (κ3) is 4.13. The van der Waals surface area contributed by atoms with Crippen LogP contribution in [0.2, 0.25) is 0 Å². The fraction of sp³-hybridized carbons (Fsp3) is 0.360. The molecule has 0 spiro atoms. The van der Waals surface area contributed by atoms with Gasteiger partial charge in [-0.15, -0.1) is 0 Å². The molecule has 2 fully saturated rings. The van der Waals surface area contributed by atoms with Crippen LogP contribution in [0.25, 0.3) is 11.1 Å². The van der Waals surface area contributed by atoms with Crippen LogP contribution >= 0.6 is 0 Å². The van der Waals surface area contributed by atoms with Crippen molar-refractivity contribution in [1.82, 2.24) is 19.2 Å². The van der Waals surface area contributed by atoms with Crippen LogP contribution in [-0.4, -0.2) is 71.0 Å². The van der Waals surface area contributed by atoms with Crippen molar-refractivity contribution < 1.29 is 17.9 Å². The molecule has 5 rings (SSSR count). The Labute approximate surface area is 198 Å². The van der Waals surface area contributed by atoms with Gasteiger partial charge in [0.05, 0.1) is 6.61 Å². The summed E-state index contributed by atoms with van der Waals surface area (Å²) in [6.45, 7) is 1.41. The Kier molecular flexibility index (Phi) is 6.44. The van der Waals surface area contributed by atoms with Gasteiger partial charge in [-0.05, 0) is 42.6 Å². The summed E-state index contributed by atoms with van der Waals surface area (Å²) in [6.07, 6.45) is 6.50. The normalized spacial score (nSPS) is 24.0. The first-order valence-corrected chi connectivity index (χ1v) is 12.9. The molecular formula is C25H27FN4O3S. The van der Waals surface area contributed by atoms with Crippen LogP contribution < -0.4 is 0 Å². The molecule has 0 aliphatic carbocycles. The smallest absolute Gasteiger partial charge is 0.246 e. The number of nitrogens with zero attached hydrogens (tertiary/aromatic N) is 4. The second-order valence-corrected chi connectivity index (χ2v) is 10.7. The highest BCUT2D eigenvalue weighted by molar-refractivity contribution is 7.89. The van der Waals surface area contributed by atoms with Crippen molar-refractivity contribution in [2.24, 2.45) is 0 Å². The molecule has 2 saturated heterocycles. The van der Waals surface area contributed by atoms with Crippen molar-refractivity contribution in [2.45, 2.75) is 35.7 Å². The average molecular weight is 483 g/mol. The topological polar surface area (TPSA) is 86.6 Å². The minimum atomic E-state index is -3.97. The van der Waals surface area contributed by atoms with Crippen LogP contribution in [-0.2, 0) is 10.0 Å². The van der Waals surface area contributed by atoms with E-state index in [4.69, 9.17) is 0 Å². The highest BCUT2D eigenvalue weighted by atomic mass is 32.2. The lowest BCUT2D eigenvalue weighted by atomic mass is 9.74. The summed E-state index contributed by atoms with van der Waals surface area (Å²) >= 11 is 0. The second kappa shape index (κ2) is 9.50. The van der Waals surface area contributed by atoms with Gasteiger partial charge in [-0.1, -0.05) is 36.4 Å². The summed E-state index contributed by atoms with van der Waals surface area (Å²) in [7, 11) is -3.97. The molecule has 2 aromatic carbocycles. The van der Waals surface area contributed by atoms with E-state index in [1.54, 1.807) is 18.5 Å². The monoisotopic (exact) mass is 482 g/mol. The van der Waals surface area contributed by atoms with Crippen molar-refractivity contribution in [1.29, 1.82) is 0 Å². The van der Waals surface area contributed by atoms with Gasteiger partial charge < -0.3 is 5.11 Å². The maximum absolute atomic E-state index is 14.4. The van der Waals surface area contributed by atoms with E-state index in [1.165, 1.54) is 28.8 Å². The molecule has 0 amide bonds.